The lowest BCUT2D eigenvalue weighted by Gasteiger charge is -2.34. The second kappa shape index (κ2) is 6.89. The molecule has 0 N–H and O–H groups in total. The number of aromatic nitrogens is 2. The summed E-state index contributed by atoms with van der Waals surface area (Å²) in [5.74, 6) is 0.142. The average molecular weight is 356 g/mol. The van der Waals surface area contributed by atoms with Gasteiger partial charge in [0, 0.05) is 42.0 Å². The number of hydrogen-bond donors (Lipinski definition) is 0. The molecule has 1 amide bonds. The Morgan fingerprint density at radius 2 is 2.30 bits per heavy atom. The van der Waals surface area contributed by atoms with Gasteiger partial charge in [-0.05, 0) is 18.6 Å². The summed E-state index contributed by atoms with van der Waals surface area (Å²) in [6.07, 6.45) is 5.08. The third kappa shape index (κ3) is 3.35. The molecule has 1 aliphatic heterocycles. The van der Waals surface area contributed by atoms with Crippen molar-refractivity contribution in [3.8, 4) is 0 Å². The zero-order valence-corrected chi connectivity index (χ0v) is 13.9. The van der Waals surface area contributed by atoms with Gasteiger partial charge in [0.2, 0.25) is 5.91 Å². The van der Waals surface area contributed by atoms with Crippen molar-refractivity contribution in [2.75, 3.05) is 5.88 Å². The number of carbonyl (C=O) groups is 1. The number of rotatable bonds is 4. The van der Waals surface area contributed by atoms with Crippen LogP contribution in [0.1, 0.15) is 17.8 Å². The van der Waals surface area contributed by atoms with Crippen LogP contribution >= 0.6 is 23.2 Å². The van der Waals surface area contributed by atoms with Crippen molar-refractivity contribution >= 4 is 29.1 Å². The normalized spacial score (nSPS) is 16.9. The van der Waals surface area contributed by atoms with E-state index in [1.54, 1.807) is 23.2 Å². The maximum absolute atomic E-state index is 14.1. The average Bonchev–Trinajstić information content (AvgIpc) is 3.01. The lowest BCUT2D eigenvalue weighted by molar-refractivity contribution is -0.132. The Hall–Kier alpha value is -1.59. The van der Waals surface area contributed by atoms with Gasteiger partial charge in [-0.25, -0.2) is 9.37 Å². The van der Waals surface area contributed by atoms with Gasteiger partial charge in [-0.15, -0.1) is 11.6 Å². The Bertz CT molecular complexity index is 699. The minimum Gasteiger partial charge on any atom is -0.335 e. The molecule has 1 atom stereocenters. The molecule has 2 aromatic rings. The van der Waals surface area contributed by atoms with E-state index in [4.69, 9.17) is 23.2 Å². The van der Waals surface area contributed by atoms with Crippen molar-refractivity contribution in [1.82, 2.24) is 14.5 Å². The standard InChI is InChI=1S/C16H16Cl2FN3O/c17-9-16(23)22(10-12-13(18)2-1-3-14(12)19)11-4-6-21-7-5-20-15(21)8-11/h1-3,5,7,11H,4,6,8-10H2. The maximum atomic E-state index is 14.1. The SMILES string of the molecule is O=C(CCl)N(Cc1c(F)cccc1Cl)C1CCn2ccnc2C1. The van der Waals surface area contributed by atoms with Gasteiger partial charge in [0.05, 0.1) is 6.54 Å². The Labute approximate surface area is 143 Å². The van der Waals surface area contributed by atoms with E-state index in [0.29, 0.717) is 17.0 Å². The Morgan fingerprint density at radius 3 is 3.04 bits per heavy atom. The summed E-state index contributed by atoms with van der Waals surface area (Å²) in [6, 6.07) is 4.45. The van der Waals surface area contributed by atoms with Gasteiger partial charge >= 0.3 is 0 Å². The number of amides is 1. The topological polar surface area (TPSA) is 38.1 Å². The van der Waals surface area contributed by atoms with Gasteiger partial charge in [-0.2, -0.15) is 0 Å². The van der Waals surface area contributed by atoms with Crippen molar-refractivity contribution in [1.29, 1.82) is 0 Å². The van der Waals surface area contributed by atoms with Crippen LogP contribution in [-0.2, 0) is 24.3 Å². The molecule has 0 saturated heterocycles. The summed E-state index contributed by atoms with van der Waals surface area (Å²) in [5, 5.41) is 0.315. The van der Waals surface area contributed by atoms with E-state index in [1.807, 2.05) is 6.20 Å². The summed E-state index contributed by atoms with van der Waals surface area (Å²) in [6.45, 7) is 0.888. The van der Waals surface area contributed by atoms with Gasteiger partial charge in [0.15, 0.2) is 0 Å². The highest BCUT2D eigenvalue weighted by molar-refractivity contribution is 6.31. The summed E-state index contributed by atoms with van der Waals surface area (Å²) in [4.78, 5) is 18.2. The summed E-state index contributed by atoms with van der Waals surface area (Å²) < 4.78 is 16.1. The first kappa shape index (κ1) is 16.3. The molecule has 1 aromatic carbocycles. The molecular formula is C16H16Cl2FN3O. The number of halogens is 3. The Kier molecular flexibility index (Phi) is 4.87. The molecule has 4 nitrogen and oxygen atoms in total. The van der Waals surface area contributed by atoms with Gasteiger partial charge in [0.25, 0.3) is 0 Å². The van der Waals surface area contributed by atoms with Crippen LogP contribution in [0.3, 0.4) is 0 Å². The van der Waals surface area contributed by atoms with E-state index in [9.17, 15) is 9.18 Å². The van der Waals surface area contributed by atoms with Crippen LogP contribution in [-0.4, -0.2) is 32.3 Å². The van der Waals surface area contributed by atoms with Gasteiger partial charge in [-0.3, -0.25) is 4.79 Å². The molecule has 1 aromatic heterocycles. The van der Waals surface area contributed by atoms with Crippen molar-refractivity contribution < 1.29 is 9.18 Å². The van der Waals surface area contributed by atoms with Crippen LogP contribution in [0.15, 0.2) is 30.6 Å². The Balaban J connectivity index is 1.86. The van der Waals surface area contributed by atoms with Crippen LogP contribution in [0.25, 0.3) is 0 Å². The quantitative estimate of drug-likeness (QED) is 0.789. The molecule has 2 heterocycles. The zero-order valence-electron chi connectivity index (χ0n) is 12.4. The molecule has 0 radical (unpaired) electrons. The smallest absolute Gasteiger partial charge is 0.238 e. The molecular weight excluding hydrogens is 340 g/mol. The van der Waals surface area contributed by atoms with Crippen molar-refractivity contribution in [3.05, 3.63) is 52.8 Å². The predicted molar refractivity (Wildman–Crippen MR) is 87.0 cm³/mol. The highest BCUT2D eigenvalue weighted by atomic mass is 35.5. The largest absolute Gasteiger partial charge is 0.335 e. The van der Waals surface area contributed by atoms with E-state index in [0.717, 1.165) is 18.8 Å². The lowest BCUT2D eigenvalue weighted by Crippen LogP contribution is -2.44. The van der Waals surface area contributed by atoms with E-state index >= 15 is 0 Å². The van der Waals surface area contributed by atoms with Gasteiger partial charge in [0.1, 0.15) is 17.5 Å². The fourth-order valence-electron chi connectivity index (χ4n) is 2.95. The van der Waals surface area contributed by atoms with Crippen molar-refractivity contribution in [2.24, 2.45) is 0 Å². The number of carbonyl (C=O) groups excluding carboxylic acids is 1. The monoisotopic (exact) mass is 355 g/mol. The third-order valence-corrected chi connectivity index (χ3v) is 4.77. The highest BCUT2D eigenvalue weighted by Crippen LogP contribution is 2.25. The second-order valence-electron chi connectivity index (χ2n) is 5.54. The van der Waals surface area contributed by atoms with Crippen LogP contribution in [0.4, 0.5) is 4.39 Å². The molecule has 1 unspecified atom stereocenters. The lowest BCUT2D eigenvalue weighted by atomic mass is 10.0. The summed E-state index contributed by atoms with van der Waals surface area (Å²) >= 11 is 11.8. The fraction of sp³-hybridized carbons (Fsp3) is 0.375. The zero-order chi connectivity index (χ0) is 16.4. The first-order valence-electron chi connectivity index (χ1n) is 7.38. The molecule has 0 bridgehead atoms. The van der Waals surface area contributed by atoms with E-state index < -0.39 is 5.82 Å². The minimum absolute atomic E-state index is 0.0631. The maximum Gasteiger partial charge on any atom is 0.238 e. The van der Waals surface area contributed by atoms with Crippen LogP contribution in [0.2, 0.25) is 5.02 Å². The van der Waals surface area contributed by atoms with Crippen LogP contribution in [0.5, 0.6) is 0 Å². The molecule has 3 rings (SSSR count). The molecule has 23 heavy (non-hydrogen) atoms. The van der Waals surface area contributed by atoms with E-state index in [-0.39, 0.29) is 24.4 Å². The minimum atomic E-state index is -0.415. The highest BCUT2D eigenvalue weighted by Gasteiger charge is 2.29. The number of alkyl halides is 1. The van der Waals surface area contributed by atoms with E-state index in [2.05, 4.69) is 9.55 Å². The molecule has 1 aliphatic rings. The fourth-order valence-corrected chi connectivity index (χ4v) is 3.33. The molecule has 0 fully saturated rings. The van der Waals surface area contributed by atoms with Crippen LogP contribution in [0, 0.1) is 5.82 Å². The number of benzene rings is 1. The molecule has 122 valence electrons. The van der Waals surface area contributed by atoms with E-state index in [1.165, 1.54) is 6.07 Å². The predicted octanol–water partition coefficient (Wildman–Crippen LogP) is 3.26. The van der Waals surface area contributed by atoms with Crippen LogP contribution < -0.4 is 0 Å². The molecule has 0 spiro atoms. The number of imidazole rings is 1. The van der Waals surface area contributed by atoms with Crippen molar-refractivity contribution in [3.63, 3.8) is 0 Å². The third-order valence-electron chi connectivity index (χ3n) is 4.19. The number of aryl methyl sites for hydroxylation is 1. The summed E-state index contributed by atoms with van der Waals surface area (Å²) in [5.41, 5.74) is 0.321. The molecule has 0 saturated carbocycles. The molecule has 7 heteroatoms. The molecule has 0 aliphatic carbocycles. The van der Waals surface area contributed by atoms with Gasteiger partial charge in [-0.1, -0.05) is 17.7 Å². The first-order valence-corrected chi connectivity index (χ1v) is 8.29. The number of fused-ring (bicyclic) bond motifs is 1. The first-order chi connectivity index (χ1) is 11.1. The second-order valence-corrected chi connectivity index (χ2v) is 6.21. The number of nitrogens with zero attached hydrogens (tertiary/aromatic N) is 3. The van der Waals surface area contributed by atoms with Gasteiger partial charge < -0.3 is 9.47 Å². The Morgan fingerprint density at radius 1 is 1.48 bits per heavy atom. The number of hydrogen-bond acceptors (Lipinski definition) is 2. The summed E-state index contributed by atoms with van der Waals surface area (Å²) in [7, 11) is 0. The van der Waals surface area contributed by atoms with Crippen molar-refractivity contribution in [2.45, 2.75) is 32.0 Å².